The minimum absolute atomic E-state index is 0.0834. The number of halogens is 1. The number of pyridine rings is 1. The minimum Gasteiger partial charge on any atom is -0.339 e. The predicted octanol–water partition coefficient (Wildman–Crippen LogP) is 2.76. The Morgan fingerprint density at radius 3 is 2.89 bits per heavy atom. The number of aryl methyl sites for hydroxylation is 1. The number of aromatic nitrogens is 3. The zero-order valence-electron chi connectivity index (χ0n) is 15.9. The van der Waals surface area contributed by atoms with Crippen molar-refractivity contribution in [3.63, 3.8) is 0 Å². The van der Waals surface area contributed by atoms with Crippen LogP contribution < -0.4 is 5.32 Å². The van der Waals surface area contributed by atoms with Crippen molar-refractivity contribution in [1.82, 2.24) is 25.4 Å². The lowest BCUT2D eigenvalue weighted by Gasteiger charge is -2.34. The van der Waals surface area contributed by atoms with Crippen molar-refractivity contribution >= 4 is 28.0 Å². The monoisotopic (exact) mass is 399 g/mol. The molecule has 3 heterocycles. The number of fused-ring (bicyclic) bond motifs is 1. The number of nitrogens with zero attached hydrogens (tertiary/aromatic N) is 4. The van der Waals surface area contributed by atoms with Gasteiger partial charge in [0.1, 0.15) is 16.2 Å². The Morgan fingerprint density at radius 1 is 1.32 bits per heavy atom. The molecule has 1 N–H and O–H groups in total. The Morgan fingerprint density at radius 2 is 2.18 bits per heavy atom. The summed E-state index contributed by atoms with van der Waals surface area (Å²) in [6.45, 7) is 2.63. The number of rotatable bonds is 4. The van der Waals surface area contributed by atoms with E-state index in [1.807, 2.05) is 31.2 Å². The number of benzene rings is 1. The topological polar surface area (TPSA) is 71.0 Å². The smallest absolute Gasteiger partial charge is 0.228 e. The molecule has 1 aliphatic heterocycles. The van der Waals surface area contributed by atoms with Crippen LogP contribution in [-0.4, -0.2) is 58.3 Å². The number of piperidine rings is 1. The SMILES string of the molecule is CN[C@H]1CCN(C(=O)Cc2cc3cc(-c4nnc(C)s4)ccc3cn2)C[C@H]1F. The molecule has 0 saturated carbocycles. The second kappa shape index (κ2) is 7.89. The highest BCUT2D eigenvalue weighted by molar-refractivity contribution is 7.14. The second-order valence-corrected chi connectivity index (χ2v) is 8.26. The maximum absolute atomic E-state index is 14.1. The number of likely N-dealkylation sites (tertiary alicyclic amines) is 1. The van der Waals surface area contributed by atoms with Crippen molar-refractivity contribution in [3.8, 4) is 10.6 Å². The van der Waals surface area contributed by atoms with E-state index in [1.165, 1.54) is 0 Å². The van der Waals surface area contributed by atoms with Gasteiger partial charge in [-0.2, -0.15) is 0 Å². The molecule has 0 unspecified atom stereocenters. The quantitative estimate of drug-likeness (QED) is 0.731. The summed E-state index contributed by atoms with van der Waals surface area (Å²) in [6.07, 6.45) is 1.54. The molecule has 2 aromatic heterocycles. The van der Waals surface area contributed by atoms with Crippen LogP contribution in [0, 0.1) is 6.92 Å². The summed E-state index contributed by atoms with van der Waals surface area (Å²) in [5, 5.41) is 15.0. The molecule has 1 aliphatic rings. The standard InChI is InChI=1S/C20H22FN5OS/c1-12-24-25-20(28-12)13-3-4-14-10-23-16(8-15(14)7-13)9-19(27)26-6-5-18(22-2)17(21)11-26/h3-4,7-8,10,17-18,22H,5-6,9,11H2,1-2H3/t17-,18+/m1/s1. The average molecular weight is 399 g/mol. The van der Waals surface area contributed by atoms with E-state index in [4.69, 9.17) is 0 Å². The third-order valence-electron chi connectivity index (χ3n) is 5.15. The van der Waals surface area contributed by atoms with Crippen molar-refractivity contribution in [1.29, 1.82) is 0 Å². The van der Waals surface area contributed by atoms with Crippen LogP contribution in [0.15, 0.2) is 30.5 Å². The number of nitrogens with one attached hydrogen (secondary N) is 1. The van der Waals surface area contributed by atoms with Crippen LogP contribution in [0.2, 0.25) is 0 Å². The van der Waals surface area contributed by atoms with Crippen LogP contribution >= 0.6 is 11.3 Å². The molecular weight excluding hydrogens is 377 g/mol. The Kier molecular flexibility index (Phi) is 5.32. The lowest BCUT2D eigenvalue weighted by Crippen LogP contribution is -2.51. The molecule has 0 aliphatic carbocycles. The Hall–Kier alpha value is -2.45. The van der Waals surface area contributed by atoms with Gasteiger partial charge in [0, 0.05) is 29.7 Å². The first-order chi connectivity index (χ1) is 13.5. The first-order valence-corrected chi connectivity index (χ1v) is 10.1. The summed E-state index contributed by atoms with van der Waals surface area (Å²) >= 11 is 1.55. The van der Waals surface area contributed by atoms with Gasteiger partial charge in [-0.3, -0.25) is 9.78 Å². The summed E-state index contributed by atoms with van der Waals surface area (Å²) in [6, 6.07) is 7.79. The van der Waals surface area contributed by atoms with E-state index in [0.29, 0.717) is 18.7 Å². The molecule has 0 spiro atoms. The zero-order chi connectivity index (χ0) is 19.7. The van der Waals surface area contributed by atoms with Gasteiger partial charge >= 0.3 is 0 Å². The van der Waals surface area contributed by atoms with Gasteiger partial charge in [-0.25, -0.2) is 4.39 Å². The molecule has 0 bridgehead atoms. The van der Waals surface area contributed by atoms with Crippen molar-refractivity contribution in [2.24, 2.45) is 0 Å². The molecule has 3 aromatic rings. The number of carbonyl (C=O) groups excluding carboxylic acids is 1. The zero-order valence-corrected chi connectivity index (χ0v) is 16.7. The van der Waals surface area contributed by atoms with E-state index in [1.54, 1.807) is 29.5 Å². The molecule has 0 radical (unpaired) electrons. The number of alkyl halides is 1. The van der Waals surface area contributed by atoms with Crippen molar-refractivity contribution < 1.29 is 9.18 Å². The van der Waals surface area contributed by atoms with Gasteiger partial charge in [0.15, 0.2) is 0 Å². The predicted molar refractivity (Wildman–Crippen MR) is 108 cm³/mol. The van der Waals surface area contributed by atoms with Gasteiger partial charge in [-0.05, 0) is 37.9 Å². The fourth-order valence-corrected chi connectivity index (χ4v) is 4.24. The molecule has 1 aromatic carbocycles. The molecule has 4 rings (SSSR count). The first-order valence-electron chi connectivity index (χ1n) is 9.32. The summed E-state index contributed by atoms with van der Waals surface area (Å²) in [5.74, 6) is -0.0834. The Labute approximate surface area is 166 Å². The van der Waals surface area contributed by atoms with Gasteiger partial charge < -0.3 is 10.2 Å². The van der Waals surface area contributed by atoms with Crippen LogP contribution in [0.4, 0.5) is 4.39 Å². The number of hydrogen-bond acceptors (Lipinski definition) is 6. The van der Waals surface area contributed by atoms with Gasteiger partial charge in [-0.15, -0.1) is 10.2 Å². The maximum atomic E-state index is 14.1. The third-order valence-corrected chi connectivity index (χ3v) is 6.04. The van der Waals surface area contributed by atoms with E-state index in [0.717, 1.165) is 26.4 Å². The molecule has 8 heteroatoms. The van der Waals surface area contributed by atoms with E-state index in [-0.39, 0.29) is 24.9 Å². The highest BCUT2D eigenvalue weighted by Crippen LogP contribution is 2.27. The number of hydrogen-bond donors (Lipinski definition) is 1. The Bertz CT molecular complexity index is 1010. The Balaban J connectivity index is 1.51. The van der Waals surface area contributed by atoms with Gasteiger partial charge in [-0.1, -0.05) is 23.5 Å². The van der Waals surface area contributed by atoms with Crippen molar-refractivity contribution in [2.75, 3.05) is 20.1 Å². The van der Waals surface area contributed by atoms with E-state index in [2.05, 4.69) is 20.5 Å². The second-order valence-electron chi connectivity index (χ2n) is 7.08. The molecule has 2 atom stereocenters. The number of amides is 1. The first kappa shape index (κ1) is 18.9. The van der Waals surface area contributed by atoms with Crippen LogP contribution in [0.5, 0.6) is 0 Å². The van der Waals surface area contributed by atoms with Gasteiger partial charge in [0.05, 0.1) is 18.7 Å². The largest absolute Gasteiger partial charge is 0.339 e. The van der Waals surface area contributed by atoms with Crippen molar-refractivity contribution in [2.45, 2.75) is 32.0 Å². The fourth-order valence-electron chi connectivity index (χ4n) is 3.55. The van der Waals surface area contributed by atoms with E-state index in [9.17, 15) is 9.18 Å². The average Bonchev–Trinajstić information content (AvgIpc) is 3.13. The molecule has 28 heavy (non-hydrogen) atoms. The summed E-state index contributed by atoms with van der Waals surface area (Å²) in [7, 11) is 1.76. The summed E-state index contributed by atoms with van der Waals surface area (Å²) in [4.78, 5) is 18.6. The highest BCUT2D eigenvalue weighted by atomic mass is 32.1. The van der Waals surface area contributed by atoms with Crippen molar-refractivity contribution in [3.05, 3.63) is 41.2 Å². The summed E-state index contributed by atoms with van der Waals surface area (Å²) in [5.41, 5.74) is 1.69. The van der Waals surface area contributed by atoms with E-state index < -0.39 is 6.17 Å². The summed E-state index contributed by atoms with van der Waals surface area (Å²) < 4.78 is 14.1. The van der Waals surface area contributed by atoms with Crippen LogP contribution in [0.25, 0.3) is 21.3 Å². The van der Waals surface area contributed by atoms with Crippen LogP contribution in [0.1, 0.15) is 17.1 Å². The molecule has 1 amide bonds. The fraction of sp³-hybridized carbons (Fsp3) is 0.400. The normalized spacial score (nSPS) is 19.9. The lowest BCUT2D eigenvalue weighted by atomic mass is 10.0. The van der Waals surface area contributed by atoms with Gasteiger partial charge in [0.2, 0.25) is 5.91 Å². The maximum Gasteiger partial charge on any atom is 0.228 e. The number of carbonyl (C=O) groups is 1. The van der Waals surface area contributed by atoms with Crippen LogP contribution in [-0.2, 0) is 11.2 Å². The lowest BCUT2D eigenvalue weighted by molar-refractivity contribution is -0.133. The van der Waals surface area contributed by atoms with Gasteiger partial charge in [0.25, 0.3) is 0 Å². The third kappa shape index (κ3) is 3.88. The molecule has 6 nitrogen and oxygen atoms in total. The molecule has 1 fully saturated rings. The minimum atomic E-state index is -1.04. The molecule has 146 valence electrons. The van der Waals surface area contributed by atoms with E-state index >= 15 is 0 Å². The highest BCUT2D eigenvalue weighted by Gasteiger charge is 2.30. The molecule has 1 saturated heterocycles. The van der Waals surface area contributed by atoms with Crippen LogP contribution in [0.3, 0.4) is 0 Å². The molecular formula is C20H22FN5OS.